The topological polar surface area (TPSA) is 72.7 Å². The summed E-state index contributed by atoms with van der Waals surface area (Å²) in [6, 6.07) is 1.31. The number of amides is 1. The first-order valence-corrected chi connectivity index (χ1v) is 8.95. The number of nitrogens with zero attached hydrogens (tertiary/aromatic N) is 2. The maximum atomic E-state index is 12.6. The summed E-state index contributed by atoms with van der Waals surface area (Å²) in [6.07, 6.45) is 8.48. The SMILES string of the molecule is O=C(N[C@@H]1COC2(CCCCC2)C1)c1cc(=O)nc2sccn12. The monoisotopic (exact) mass is 333 g/mol. The van der Waals surface area contributed by atoms with E-state index in [-0.39, 0.29) is 23.1 Å². The molecule has 0 unspecified atom stereocenters. The molecule has 122 valence electrons. The zero-order chi connectivity index (χ0) is 15.9. The Labute approximate surface area is 137 Å². The second-order valence-corrected chi connectivity index (χ2v) is 7.34. The highest BCUT2D eigenvalue weighted by Gasteiger charge is 2.41. The van der Waals surface area contributed by atoms with Crippen LogP contribution in [0.1, 0.15) is 49.0 Å². The van der Waals surface area contributed by atoms with Gasteiger partial charge in [0.15, 0.2) is 4.96 Å². The molecule has 3 heterocycles. The van der Waals surface area contributed by atoms with Crippen LogP contribution in [0, 0.1) is 0 Å². The van der Waals surface area contributed by atoms with E-state index in [0.717, 1.165) is 19.3 Å². The Morgan fingerprint density at radius 3 is 3.04 bits per heavy atom. The van der Waals surface area contributed by atoms with Crippen molar-refractivity contribution in [1.29, 1.82) is 0 Å². The van der Waals surface area contributed by atoms with Crippen LogP contribution < -0.4 is 10.9 Å². The predicted octanol–water partition coefficient (Wildman–Crippen LogP) is 1.98. The molecular formula is C16H19N3O3S. The highest BCUT2D eigenvalue weighted by atomic mass is 32.1. The fraction of sp³-hybridized carbons (Fsp3) is 0.562. The molecule has 0 bridgehead atoms. The smallest absolute Gasteiger partial charge is 0.274 e. The summed E-state index contributed by atoms with van der Waals surface area (Å²) in [6.45, 7) is 0.554. The number of rotatable bonds is 2. The fourth-order valence-corrected chi connectivity index (χ4v) is 4.48. The number of fused-ring (bicyclic) bond motifs is 1. The van der Waals surface area contributed by atoms with Crippen molar-refractivity contribution in [2.24, 2.45) is 0 Å². The predicted molar refractivity (Wildman–Crippen MR) is 87.0 cm³/mol. The quantitative estimate of drug-likeness (QED) is 0.912. The average Bonchev–Trinajstić information content (AvgIpc) is 3.14. The summed E-state index contributed by atoms with van der Waals surface area (Å²) >= 11 is 1.34. The Morgan fingerprint density at radius 2 is 2.22 bits per heavy atom. The standard InChI is InChI=1S/C16H19N3O3S/c20-13-8-12(19-6-7-23-15(19)18-13)14(21)17-11-9-16(22-10-11)4-2-1-3-5-16/h6-8,11H,1-5,9-10H2,(H,17,21)/t11-/m0/s1. The van der Waals surface area contributed by atoms with Crippen LogP contribution in [-0.2, 0) is 4.74 Å². The van der Waals surface area contributed by atoms with Crippen LogP contribution in [-0.4, -0.2) is 33.5 Å². The lowest BCUT2D eigenvalue weighted by Gasteiger charge is -2.32. The Balaban J connectivity index is 1.52. The third-order valence-corrected chi connectivity index (χ3v) is 5.61. The van der Waals surface area contributed by atoms with E-state index >= 15 is 0 Å². The molecule has 1 spiro atoms. The first kappa shape index (κ1) is 14.8. The van der Waals surface area contributed by atoms with Gasteiger partial charge in [-0.1, -0.05) is 19.3 Å². The van der Waals surface area contributed by atoms with Gasteiger partial charge in [0, 0.05) is 17.6 Å². The van der Waals surface area contributed by atoms with Crippen LogP contribution in [0.4, 0.5) is 0 Å². The van der Waals surface area contributed by atoms with Crippen molar-refractivity contribution in [3.8, 4) is 0 Å². The molecule has 4 rings (SSSR count). The van der Waals surface area contributed by atoms with E-state index in [9.17, 15) is 9.59 Å². The minimum atomic E-state index is -0.385. The average molecular weight is 333 g/mol. The van der Waals surface area contributed by atoms with Crippen LogP contribution in [0.25, 0.3) is 4.96 Å². The summed E-state index contributed by atoms with van der Waals surface area (Å²) in [5.74, 6) is -0.237. The molecule has 6 nitrogen and oxygen atoms in total. The summed E-state index contributed by atoms with van der Waals surface area (Å²) < 4.78 is 7.69. The highest BCUT2D eigenvalue weighted by Crippen LogP contribution is 2.39. The van der Waals surface area contributed by atoms with Gasteiger partial charge in [0.2, 0.25) is 0 Å². The molecule has 0 aromatic carbocycles. The molecule has 1 saturated carbocycles. The minimum absolute atomic E-state index is 0.0122. The number of hydrogen-bond acceptors (Lipinski definition) is 5. The van der Waals surface area contributed by atoms with Crippen molar-refractivity contribution in [3.05, 3.63) is 33.7 Å². The van der Waals surface area contributed by atoms with Gasteiger partial charge in [0.05, 0.1) is 18.2 Å². The zero-order valence-electron chi connectivity index (χ0n) is 12.8. The molecule has 1 saturated heterocycles. The lowest BCUT2D eigenvalue weighted by atomic mass is 9.82. The van der Waals surface area contributed by atoms with Gasteiger partial charge in [0.25, 0.3) is 11.5 Å². The molecular weight excluding hydrogens is 314 g/mol. The Hall–Kier alpha value is -1.73. The molecule has 7 heteroatoms. The Kier molecular flexibility index (Phi) is 3.69. The van der Waals surface area contributed by atoms with E-state index in [1.54, 1.807) is 10.6 Å². The van der Waals surface area contributed by atoms with Crippen LogP contribution in [0.3, 0.4) is 0 Å². The number of nitrogens with one attached hydrogen (secondary N) is 1. The largest absolute Gasteiger partial charge is 0.373 e. The third-order valence-electron chi connectivity index (χ3n) is 4.86. The normalized spacial score (nSPS) is 23.4. The number of carbonyl (C=O) groups excluding carboxylic acids is 1. The molecule has 2 aliphatic rings. The maximum Gasteiger partial charge on any atom is 0.274 e. The highest BCUT2D eigenvalue weighted by molar-refractivity contribution is 7.15. The first-order chi connectivity index (χ1) is 11.2. The van der Waals surface area contributed by atoms with E-state index < -0.39 is 0 Å². The lowest BCUT2D eigenvalue weighted by molar-refractivity contribution is -0.0246. The van der Waals surface area contributed by atoms with Gasteiger partial charge in [-0.15, -0.1) is 11.3 Å². The first-order valence-electron chi connectivity index (χ1n) is 8.07. The molecule has 2 fully saturated rings. The molecule has 1 atom stereocenters. The molecule has 0 radical (unpaired) electrons. The molecule has 1 N–H and O–H groups in total. The van der Waals surface area contributed by atoms with E-state index in [1.807, 2.05) is 5.38 Å². The van der Waals surface area contributed by atoms with E-state index in [2.05, 4.69) is 10.3 Å². The zero-order valence-corrected chi connectivity index (χ0v) is 13.6. The number of carbonyl (C=O) groups is 1. The van der Waals surface area contributed by atoms with Gasteiger partial charge in [-0.05, 0) is 19.3 Å². The van der Waals surface area contributed by atoms with Crippen molar-refractivity contribution >= 4 is 22.2 Å². The van der Waals surface area contributed by atoms with Crippen molar-refractivity contribution in [1.82, 2.24) is 14.7 Å². The van der Waals surface area contributed by atoms with Crippen LogP contribution in [0.2, 0.25) is 0 Å². The van der Waals surface area contributed by atoms with E-state index in [4.69, 9.17) is 4.74 Å². The Bertz CT molecular complexity index is 791. The van der Waals surface area contributed by atoms with Gasteiger partial charge in [-0.3, -0.25) is 14.0 Å². The minimum Gasteiger partial charge on any atom is -0.373 e. The van der Waals surface area contributed by atoms with Gasteiger partial charge < -0.3 is 10.1 Å². The molecule has 1 amide bonds. The summed E-state index contributed by atoms with van der Waals surface area (Å²) in [5, 5.41) is 4.84. The molecule has 1 aliphatic heterocycles. The number of thiazole rings is 1. The van der Waals surface area contributed by atoms with Crippen LogP contribution in [0.5, 0.6) is 0 Å². The molecule has 2 aromatic heterocycles. The lowest BCUT2D eigenvalue weighted by Crippen LogP contribution is -2.38. The van der Waals surface area contributed by atoms with Gasteiger partial charge in [-0.25, -0.2) is 0 Å². The summed E-state index contributed by atoms with van der Waals surface area (Å²) in [7, 11) is 0. The third kappa shape index (κ3) is 2.79. The van der Waals surface area contributed by atoms with E-state index in [0.29, 0.717) is 17.3 Å². The fourth-order valence-electron chi connectivity index (χ4n) is 3.77. The van der Waals surface area contributed by atoms with Gasteiger partial charge >= 0.3 is 0 Å². The van der Waals surface area contributed by atoms with Gasteiger partial charge in [0.1, 0.15) is 5.69 Å². The molecule has 23 heavy (non-hydrogen) atoms. The summed E-state index contributed by atoms with van der Waals surface area (Å²) in [5.41, 5.74) is -0.0851. The molecule has 1 aliphatic carbocycles. The second kappa shape index (κ2) is 5.72. The van der Waals surface area contributed by atoms with Crippen molar-refractivity contribution in [2.45, 2.75) is 50.2 Å². The van der Waals surface area contributed by atoms with E-state index in [1.165, 1.54) is 36.7 Å². The van der Waals surface area contributed by atoms with Crippen molar-refractivity contribution < 1.29 is 9.53 Å². The van der Waals surface area contributed by atoms with Crippen LogP contribution >= 0.6 is 11.3 Å². The van der Waals surface area contributed by atoms with Crippen LogP contribution in [0.15, 0.2) is 22.4 Å². The van der Waals surface area contributed by atoms with Gasteiger partial charge in [-0.2, -0.15) is 4.98 Å². The summed E-state index contributed by atoms with van der Waals surface area (Å²) in [4.78, 5) is 28.7. The Morgan fingerprint density at radius 1 is 1.39 bits per heavy atom. The number of hydrogen-bond donors (Lipinski definition) is 1. The maximum absolute atomic E-state index is 12.6. The van der Waals surface area contributed by atoms with Crippen molar-refractivity contribution in [3.63, 3.8) is 0 Å². The van der Waals surface area contributed by atoms with Crippen molar-refractivity contribution in [2.75, 3.05) is 6.61 Å². The number of aromatic nitrogens is 2. The molecule has 2 aromatic rings. The number of ether oxygens (including phenoxy) is 1. The second-order valence-electron chi connectivity index (χ2n) is 6.46.